The molecule has 0 spiro atoms. The van der Waals surface area contributed by atoms with E-state index in [0.29, 0.717) is 23.7 Å². The molecule has 25 heavy (non-hydrogen) atoms. The Labute approximate surface area is 146 Å². The summed E-state index contributed by atoms with van der Waals surface area (Å²) in [6.45, 7) is 2.50. The first-order valence-corrected chi connectivity index (χ1v) is 8.16. The number of amides is 1. The number of hydrogen-bond acceptors (Lipinski definition) is 5. The van der Waals surface area contributed by atoms with Gasteiger partial charge in [-0.1, -0.05) is 13.3 Å². The number of nitrogens with zero attached hydrogens (tertiary/aromatic N) is 2. The number of rotatable bonds is 8. The van der Waals surface area contributed by atoms with Gasteiger partial charge in [-0.15, -0.1) is 0 Å². The van der Waals surface area contributed by atoms with Gasteiger partial charge in [0.1, 0.15) is 18.0 Å². The predicted octanol–water partition coefficient (Wildman–Crippen LogP) is 1.84. The summed E-state index contributed by atoms with van der Waals surface area (Å²) >= 11 is 0. The van der Waals surface area contributed by atoms with Gasteiger partial charge in [-0.25, -0.2) is 4.68 Å². The van der Waals surface area contributed by atoms with Gasteiger partial charge in [0.25, 0.3) is 5.56 Å². The number of methoxy groups -OCH3 is 2. The molecule has 1 N–H and O–H groups in total. The lowest BCUT2D eigenvalue weighted by molar-refractivity contribution is -0.121. The molecule has 0 aliphatic heterocycles. The van der Waals surface area contributed by atoms with Gasteiger partial charge in [-0.2, -0.15) is 5.10 Å². The Bertz CT molecular complexity index is 769. The van der Waals surface area contributed by atoms with Crippen LogP contribution in [0.5, 0.6) is 11.5 Å². The van der Waals surface area contributed by atoms with Crippen molar-refractivity contribution in [1.82, 2.24) is 15.1 Å². The Morgan fingerprint density at radius 3 is 2.52 bits per heavy atom. The van der Waals surface area contributed by atoms with Crippen LogP contribution in [0.15, 0.2) is 35.1 Å². The molecule has 0 atom stereocenters. The largest absolute Gasteiger partial charge is 0.497 e. The van der Waals surface area contributed by atoms with Gasteiger partial charge in [0, 0.05) is 18.2 Å². The number of benzene rings is 1. The minimum absolute atomic E-state index is 0.129. The van der Waals surface area contributed by atoms with E-state index in [1.165, 1.54) is 13.2 Å². The summed E-state index contributed by atoms with van der Waals surface area (Å²) in [6, 6.07) is 8.57. The third-order valence-corrected chi connectivity index (χ3v) is 3.69. The molecule has 0 fully saturated rings. The molecule has 134 valence electrons. The Hall–Kier alpha value is -2.83. The molecule has 2 rings (SSSR count). The zero-order chi connectivity index (χ0) is 18.2. The van der Waals surface area contributed by atoms with Crippen molar-refractivity contribution >= 4 is 5.91 Å². The van der Waals surface area contributed by atoms with Gasteiger partial charge >= 0.3 is 0 Å². The van der Waals surface area contributed by atoms with Crippen molar-refractivity contribution < 1.29 is 14.3 Å². The monoisotopic (exact) mass is 345 g/mol. The van der Waals surface area contributed by atoms with Gasteiger partial charge < -0.3 is 14.8 Å². The maximum absolute atomic E-state index is 12.2. The standard InChI is InChI=1S/C18H23N3O4/c1-4-5-10-19-16(22)12-21-17(23)11-15(25-3)18(20-21)13-6-8-14(24-2)9-7-13/h6-9,11H,4-5,10,12H2,1-3H3,(H,19,22). The molecule has 0 saturated heterocycles. The molecule has 0 aliphatic carbocycles. The van der Waals surface area contributed by atoms with Crippen LogP contribution < -0.4 is 20.3 Å². The second kappa shape index (κ2) is 8.86. The van der Waals surface area contributed by atoms with E-state index in [2.05, 4.69) is 10.4 Å². The van der Waals surface area contributed by atoms with Crippen LogP contribution in [-0.2, 0) is 11.3 Å². The van der Waals surface area contributed by atoms with Gasteiger partial charge in [-0.3, -0.25) is 9.59 Å². The van der Waals surface area contributed by atoms with Crippen LogP contribution >= 0.6 is 0 Å². The van der Waals surface area contributed by atoms with Crippen molar-refractivity contribution in [2.45, 2.75) is 26.3 Å². The van der Waals surface area contributed by atoms with Crippen molar-refractivity contribution in [3.8, 4) is 22.8 Å². The van der Waals surface area contributed by atoms with Crippen molar-refractivity contribution in [3.05, 3.63) is 40.7 Å². The van der Waals surface area contributed by atoms with Gasteiger partial charge in [0.2, 0.25) is 5.91 Å². The van der Waals surface area contributed by atoms with Crippen molar-refractivity contribution in [2.24, 2.45) is 0 Å². The van der Waals surface area contributed by atoms with Crippen molar-refractivity contribution in [3.63, 3.8) is 0 Å². The second-order valence-electron chi connectivity index (χ2n) is 5.49. The average Bonchev–Trinajstić information content (AvgIpc) is 2.63. The summed E-state index contributed by atoms with van der Waals surface area (Å²) in [6.07, 6.45) is 1.89. The molecule has 1 heterocycles. The zero-order valence-corrected chi connectivity index (χ0v) is 14.7. The third-order valence-electron chi connectivity index (χ3n) is 3.69. The number of nitrogens with one attached hydrogen (secondary N) is 1. The maximum Gasteiger partial charge on any atom is 0.270 e. The minimum atomic E-state index is -0.389. The van der Waals surface area contributed by atoms with E-state index in [1.807, 2.05) is 19.1 Å². The molecule has 0 saturated carbocycles. The van der Waals surface area contributed by atoms with Crippen LogP contribution in [0.25, 0.3) is 11.3 Å². The number of hydrogen-bond donors (Lipinski definition) is 1. The normalized spacial score (nSPS) is 10.4. The molecule has 0 aliphatic rings. The van der Waals surface area contributed by atoms with Gasteiger partial charge in [0.15, 0.2) is 5.75 Å². The zero-order valence-electron chi connectivity index (χ0n) is 14.7. The molecule has 7 nitrogen and oxygen atoms in total. The molecule has 1 aromatic carbocycles. The maximum atomic E-state index is 12.2. The van der Waals surface area contributed by atoms with Crippen molar-refractivity contribution in [2.75, 3.05) is 20.8 Å². The van der Waals surface area contributed by atoms with E-state index in [1.54, 1.807) is 19.2 Å². The highest BCUT2D eigenvalue weighted by atomic mass is 16.5. The predicted molar refractivity (Wildman–Crippen MR) is 95.0 cm³/mol. The first kappa shape index (κ1) is 18.5. The summed E-state index contributed by atoms with van der Waals surface area (Å²) < 4.78 is 11.6. The van der Waals surface area contributed by atoms with Crippen LogP contribution in [0.1, 0.15) is 19.8 Å². The highest BCUT2D eigenvalue weighted by molar-refractivity contribution is 5.75. The lowest BCUT2D eigenvalue weighted by atomic mass is 10.1. The molecule has 0 unspecified atom stereocenters. The lowest BCUT2D eigenvalue weighted by Gasteiger charge is -2.12. The number of ether oxygens (including phenoxy) is 2. The molecule has 1 amide bonds. The summed E-state index contributed by atoms with van der Waals surface area (Å²) in [5, 5.41) is 7.09. The first-order chi connectivity index (χ1) is 12.1. The Morgan fingerprint density at radius 1 is 1.20 bits per heavy atom. The van der Waals surface area contributed by atoms with E-state index in [0.717, 1.165) is 23.1 Å². The van der Waals surface area contributed by atoms with Crippen LogP contribution in [0.3, 0.4) is 0 Å². The van der Waals surface area contributed by atoms with Crippen LogP contribution in [0.2, 0.25) is 0 Å². The summed E-state index contributed by atoms with van der Waals surface area (Å²) in [4.78, 5) is 24.1. The lowest BCUT2D eigenvalue weighted by Crippen LogP contribution is -2.34. The Balaban J connectivity index is 2.29. The highest BCUT2D eigenvalue weighted by Crippen LogP contribution is 2.27. The van der Waals surface area contributed by atoms with Crippen LogP contribution in [-0.4, -0.2) is 36.5 Å². The number of unbranched alkanes of at least 4 members (excludes halogenated alkanes) is 1. The highest BCUT2D eigenvalue weighted by Gasteiger charge is 2.14. The molecule has 2 aromatic rings. The fourth-order valence-electron chi connectivity index (χ4n) is 2.29. The van der Waals surface area contributed by atoms with Gasteiger partial charge in [0.05, 0.1) is 14.2 Å². The van der Waals surface area contributed by atoms with E-state index in [9.17, 15) is 9.59 Å². The molecule has 0 radical (unpaired) electrons. The average molecular weight is 345 g/mol. The minimum Gasteiger partial charge on any atom is -0.497 e. The SMILES string of the molecule is CCCCNC(=O)Cn1nc(-c2ccc(OC)cc2)c(OC)cc1=O. The second-order valence-corrected chi connectivity index (χ2v) is 5.49. The smallest absolute Gasteiger partial charge is 0.270 e. The van der Waals surface area contributed by atoms with Crippen molar-refractivity contribution in [1.29, 1.82) is 0 Å². The molecule has 1 aromatic heterocycles. The summed E-state index contributed by atoms with van der Waals surface area (Å²) in [5.74, 6) is 0.832. The Morgan fingerprint density at radius 2 is 1.92 bits per heavy atom. The van der Waals surface area contributed by atoms with Crippen LogP contribution in [0, 0.1) is 0 Å². The van der Waals surface area contributed by atoms with E-state index < -0.39 is 0 Å². The first-order valence-electron chi connectivity index (χ1n) is 8.16. The third kappa shape index (κ3) is 4.82. The summed E-state index contributed by atoms with van der Waals surface area (Å²) in [7, 11) is 3.07. The Kier molecular flexibility index (Phi) is 6.56. The van der Waals surface area contributed by atoms with E-state index >= 15 is 0 Å². The van der Waals surface area contributed by atoms with E-state index in [4.69, 9.17) is 9.47 Å². The van der Waals surface area contributed by atoms with E-state index in [-0.39, 0.29) is 18.0 Å². The topological polar surface area (TPSA) is 82.5 Å². The number of aromatic nitrogens is 2. The molecule has 0 bridgehead atoms. The number of carbonyl (C=O) groups is 1. The van der Waals surface area contributed by atoms with Crippen LogP contribution in [0.4, 0.5) is 0 Å². The summed E-state index contributed by atoms with van der Waals surface area (Å²) in [5.41, 5.74) is 0.864. The number of carbonyl (C=O) groups excluding carboxylic acids is 1. The molecule has 7 heteroatoms. The fourth-order valence-corrected chi connectivity index (χ4v) is 2.29. The molecular formula is C18H23N3O4. The quantitative estimate of drug-likeness (QED) is 0.738. The van der Waals surface area contributed by atoms with Gasteiger partial charge in [-0.05, 0) is 30.7 Å². The fraction of sp³-hybridized carbons (Fsp3) is 0.389. The molecular weight excluding hydrogens is 322 g/mol.